The Morgan fingerprint density at radius 2 is 1.77 bits per heavy atom. The molecule has 0 spiro atoms. The summed E-state index contributed by atoms with van der Waals surface area (Å²) in [7, 11) is 0. The molecule has 10 nitrogen and oxygen atoms in total. The fourth-order valence-corrected chi connectivity index (χ4v) is 4.99. The topological polar surface area (TPSA) is 111 Å². The van der Waals surface area contributed by atoms with Gasteiger partial charge in [-0.2, -0.15) is 15.1 Å². The average molecular weight is 526 g/mol. The van der Waals surface area contributed by atoms with Gasteiger partial charge in [-0.05, 0) is 50.1 Å². The summed E-state index contributed by atoms with van der Waals surface area (Å²) in [5.41, 5.74) is 2.71. The lowest BCUT2D eigenvalue weighted by Gasteiger charge is -2.36. The van der Waals surface area contributed by atoms with Crippen LogP contribution in [0.2, 0.25) is 0 Å². The lowest BCUT2D eigenvalue weighted by atomic mass is 10.2. The monoisotopic (exact) mass is 525 g/mol. The molecule has 4 aromatic heterocycles. The first-order valence-corrected chi connectivity index (χ1v) is 13.2. The number of aromatic amines is 2. The van der Waals surface area contributed by atoms with Gasteiger partial charge in [0.25, 0.3) is 0 Å². The molecule has 5 aromatic rings. The van der Waals surface area contributed by atoms with Gasteiger partial charge >= 0.3 is 6.01 Å². The number of piperazine rings is 1. The third-order valence-corrected chi connectivity index (χ3v) is 7.18. The standard InChI is InChI=1S/C28H28FN9O/c1-17-14-19-20(31-17)7-8-22(27(19)29)39-28-33-23(32-24-15-21(35-36-24)18-5-6-18)16-26(34-28)38-12-10-37(11-13-38)25-4-2-3-9-30-25/h2-4,7-9,14-16,18,31H,5-6,10-13H2,1H3,(H2,32,33,34,35,36). The molecule has 3 N–H and O–H groups in total. The highest BCUT2D eigenvalue weighted by Crippen LogP contribution is 2.40. The molecule has 0 amide bonds. The Kier molecular flexibility index (Phi) is 5.75. The van der Waals surface area contributed by atoms with E-state index in [1.807, 2.05) is 43.5 Å². The van der Waals surface area contributed by atoms with Crippen molar-refractivity contribution in [3.05, 3.63) is 71.9 Å². The number of ether oxygens (including phenoxy) is 1. The number of fused-ring (bicyclic) bond motifs is 1. The number of aryl methyl sites for hydroxylation is 1. The summed E-state index contributed by atoms with van der Waals surface area (Å²) in [4.78, 5) is 21.3. The third kappa shape index (κ3) is 4.83. The maximum atomic E-state index is 15.3. The van der Waals surface area contributed by atoms with Crippen molar-refractivity contribution in [2.75, 3.05) is 41.3 Å². The van der Waals surface area contributed by atoms with E-state index in [1.165, 1.54) is 12.8 Å². The van der Waals surface area contributed by atoms with Crippen molar-refractivity contribution in [3.8, 4) is 11.8 Å². The summed E-state index contributed by atoms with van der Waals surface area (Å²) >= 11 is 0. The summed E-state index contributed by atoms with van der Waals surface area (Å²) in [6.45, 7) is 4.96. The smallest absolute Gasteiger partial charge is 0.326 e. The number of halogens is 1. The van der Waals surface area contributed by atoms with Crippen LogP contribution in [0.5, 0.6) is 11.8 Å². The predicted octanol–water partition coefficient (Wildman–Crippen LogP) is 5.26. The van der Waals surface area contributed by atoms with E-state index in [2.05, 4.69) is 45.2 Å². The highest BCUT2D eigenvalue weighted by Gasteiger charge is 2.26. The summed E-state index contributed by atoms with van der Waals surface area (Å²) < 4.78 is 21.3. The third-order valence-electron chi connectivity index (χ3n) is 7.18. The second-order valence-corrected chi connectivity index (χ2v) is 10.1. The Morgan fingerprint density at radius 3 is 2.54 bits per heavy atom. The largest absolute Gasteiger partial charge is 0.421 e. The lowest BCUT2D eigenvalue weighted by Crippen LogP contribution is -2.47. The molecule has 1 saturated carbocycles. The molecule has 7 rings (SSSR count). The molecule has 0 bridgehead atoms. The number of benzene rings is 1. The van der Waals surface area contributed by atoms with Crippen LogP contribution in [0.1, 0.15) is 30.1 Å². The highest BCUT2D eigenvalue weighted by molar-refractivity contribution is 5.82. The second kappa shape index (κ2) is 9.57. The van der Waals surface area contributed by atoms with E-state index >= 15 is 4.39 Å². The minimum absolute atomic E-state index is 0.0608. The van der Waals surface area contributed by atoms with Gasteiger partial charge in [-0.1, -0.05) is 6.07 Å². The molecule has 0 unspecified atom stereocenters. The van der Waals surface area contributed by atoms with Gasteiger partial charge in [-0.3, -0.25) is 5.10 Å². The van der Waals surface area contributed by atoms with Crippen molar-refractivity contribution in [1.29, 1.82) is 0 Å². The van der Waals surface area contributed by atoms with Gasteiger partial charge in [0, 0.05) is 72.7 Å². The lowest BCUT2D eigenvalue weighted by molar-refractivity contribution is 0.414. The number of nitrogens with one attached hydrogen (secondary N) is 3. The first-order chi connectivity index (χ1) is 19.1. The molecule has 1 saturated heterocycles. The van der Waals surface area contributed by atoms with Gasteiger partial charge in [0.2, 0.25) is 0 Å². The number of aromatic nitrogens is 6. The first-order valence-electron chi connectivity index (χ1n) is 13.2. The summed E-state index contributed by atoms with van der Waals surface area (Å²) in [5.74, 6) is 3.02. The van der Waals surface area contributed by atoms with Crippen LogP contribution in [0.3, 0.4) is 0 Å². The molecule has 2 aliphatic rings. The average Bonchev–Trinajstić information content (AvgIpc) is 3.58. The minimum Gasteiger partial charge on any atom is -0.421 e. The predicted molar refractivity (Wildman–Crippen MR) is 148 cm³/mol. The fourth-order valence-electron chi connectivity index (χ4n) is 4.99. The summed E-state index contributed by atoms with van der Waals surface area (Å²) in [6, 6.07) is 15.0. The van der Waals surface area contributed by atoms with Crippen LogP contribution in [0.4, 0.5) is 27.7 Å². The van der Waals surface area contributed by atoms with Gasteiger partial charge in [0.15, 0.2) is 17.4 Å². The van der Waals surface area contributed by atoms with Crippen LogP contribution in [-0.2, 0) is 0 Å². The van der Waals surface area contributed by atoms with Gasteiger partial charge in [0.1, 0.15) is 17.5 Å². The summed E-state index contributed by atoms with van der Waals surface area (Å²) in [6.07, 6.45) is 4.17. The van der Waals surface area contributed by atoms with Gasteiger partial charge in [-0.15, -0.1) is 0 Å². The van der Waals surface area contributed by atoms with Gasteiger partial charge < -0.3 is 24.8 Å². The molecular weight excluding hydrogens is 497 g/mol. The van der Waals surface area contributed by atoms with Crippen LogP contribution in [0, 0.1) is 12.7 Å². The normalized spacial score (nSPS) is 15.6. The van der Waals surface area contributed by atoms with Crippen molar-refractivity contribution in [3.63, 3.8) is 0 Å². The zero-order valence-corrected chi connectivity index (χ0v) is 21.5. The zero-order valence-electron chi connectivity index (χ0n) is 21.5. The van der Waals surface area contributed by atoms with E-state index in [4.69, 9.17) is 4.74 Å². The van der Waals surface area contributed by atoms with Crippen molar-refractivity contribution in [2.45, 2.75) is 25.7 Å². The summed E-state index contributed by atoms with van der Waals surface area (Å²) in [5, 5.41) is 11.2. The highest BCUT2D eigenvalue weighted by atomic mass is 19.1. The van der Waals surface area contributed by atoms with Crippen molar-refractivity contribution in [2.24, 2.45) is 0 Å². The quantitative estimate of drug-likeness (QED) is 0.264. The zero-order chi connectivity index (χ0) is 26.3. The van der Waals surface area contributed by atoms with Crippen LogP contribution >= 0.6 is 0 Å². The Bertz CT molecular complexity index is 1620. The number of anilines is 4. The molecule has 5 heterocycles. The van der Waals surface area contributed by atoms with E-state index in [1.54, 1.807) is 18.2 Å². The number of pyridine rings is 1. The molecule has 1 aromatic carbocycles. The molecule has 11 heteroatoms. The molecule has 39 heavy (non-hydrogen) atoms. The maximum absolute atomic E-state index is 15.3. The molecule has 0 atom stereocenters. The number of hydrogen-bond acceptors (Lipinski definition) is 8. The van der Waals surface area contributed by atoms with Gasteiger partial charge in [-0.25, -0.2) is 9.37 Å². The number of hydrogen-bond donors (Lipinski definition) is 3. The second-order valence-electron chi connectivity index (χ2n) is 10.1. The SMILES string of the molecule is Cc1cc2c(F)c(Oc3nc(Nc4cc(C5CC5)[nH]n4)cc(N4CCN(c5ccccn5)CC4)n3)ccc2[nH]1. The number of rotatable bonds is 7. The minimum atomic E-state index is -0.453. The van der Waals surface area contributed by atoms with E-state index in [0.717, 1.165) is 43.4 Å². The first kappa shape index (κ1) is 23.4. The van der Waals surface area contributed by atoms with E-state index < -0.39 is 5.82 Å². The van der Waals surface area contributed by atoms with Crippen molar-refractivity contribution >= 4 is 34.2 Å². The van der Waals surface area contributed by atoms with Crippen LogP contribution in [0.15, 0.2) is 54.7 Å². The van der Waals surface area contributed by atoms with E-state index in [-0.39, 0.29) is 11.8 Å². The van der Waals surface area contributed by atoms with Gasteiger partial charge in [0.05, 0.1) is 0 Å². The molecule has 0 radical (unpaired) electrons. The Balaban J connectivity index is 1.17. The van der Waals surface area contributed by atoms with E-state index in [0.29, 0.717) is 34.3 Å². The van der Waals surface area contributed by atoms with Crippen LogP contribution in [-0.4, -0.2) is 56.3 Å². The van der Waals surface area contributed by atoms with Crippen LogP contribution < -0.4 is 19.9 Å². The van der Waals surface area contributed by atoms with Crippen LogP contribution in [0.25, 0.3) is 10.9 Å². The molecular formula is C28H28FN9O. The number of nitrogens with zero attached hydrogens (tertiary/aromatic N) is 6. The Hall–Kier alpha value is -4.67. The Labute approximate surface area is 224 Å². The molecule has 198 valence electrons. The fraction of sp³-hybridized carbons (Fsp3) is 0.286. The van der Waals surface area contributed by atoms with Crippen molar-refractivity contribution < 1.29 is 9.13 Å². The van der Waals surface area contributed by atoms with Crippen molar-refractivity contribution in [1.82, 2.24) is 30.1 Å². The maximum Gasteiger partial charge on any atom is 0.326 e. The molecule has 2 fully saturated rings. The number of H-pyrrole nitrogens is 2. The molecule has 1 aliphatic carbocycles. The molecule has 1 aliphatic heterocycles. The Morgan fingerprint density at radius 1 is 0.949 bits per heavy atom. The van der Waals surface area contributed by atoms with E-state index in [9.17, 15) is 0 Å².